The molecule has 2 amide bonds. The molecular weight excluding hydrogens is 470 g/mol. The van der Waals surface area contributed by atoms with Gasteiger partial charge in [0, 0.05) is 35.7 Å². The molecule has 1 heterocycles. The first-order valence-corrected chi connectivity index (χ1v) is 11.9. The molecule has 4 rings (SSSR count). The van der Waals surface area contributed by atoms with Crippen LogP contribution in [0.3, 0.4) is 0 Å². The molecule has 0 saturated carbocycles. The van der Waals surface area contributed by atoms with Crippen LogP contribution in [0.15, 0.2) is 95.4 Å². The predicted molar refractivity (Wildman–Crippen MR) is 141 cm³/mol. The molecular formula is C29H29N3O5. The summed E-state index contributed by atoms with van der Waals surface area (Å²) in [6.07, 6.45) is 1.57. The van der Waals surface area contributed by atoms with E-state index in [0.717, 1.165) is 23.1 Å². The Morgan fingerprint density at radius 1 is 1.00 bits per heavy atom. The van der Waals surface area contributed by atoms with Gasteiger partial charge in [-0.2, -0.15) is 0 Å². The zero-order valence-corrected chi connectivity index (χ0v) is 20.5. The van der Waals surface area contributed by atoms with E-state index in [0.29, 0.717) is 30.2 Å². The van der Waals surface area contributed by atoms with Crippen LogP contribution in [0, 0.1) is 0 Å². The van der Waals surface area contributed by atoms with Crippen molar-refractivity contribution in [3.8, 4) is 5.75 Å². The third kappa shape index (κ3) is 7.30. The number of ether oxygens (including phenoxy) is 1. The fraction of sp³-hybridized carbons (Fsp3) is 0.172. The fourth-order valence-electron chi connectivity index (χ4n) is 3.90. The Bertz CT molecular complexity index is 1330. The molecule has 37 heavy (non-hydrogen) atoms. The van der Waals surface area contributed by atoms with Crippen molar-refractivity contribution in [3.05, 3.63) is 108 Å². The molecule has 0 spiro atoms. The van der Waals surface area contributed by atoms with E-state index in [1.54, 1.807) is 23.7 Å². The summed E-state index contributed by atoms with van der Waals surface area (Å²) in [5.41, 5.74) is 4.61. The minimum Gasteiger partial charge on any atom is -0.492 e. The zero-order valence-electron chi connectivity index (χ0n) is 20.5. The van der Waals surface area contributed by atoms with Crippen molar-refractivity contribution in [2.75, 3.05) is 26.7 Å². The van der Waals surface area contributed by atoms with Crippen molar-refractivity contribution in [1.29, 1.82) is 0 Å². The number of hydroxylamine groups is 1. The number of nitrogens with one attached hydrogen (secondary N) is 2. The molecule has 0 bridgehead atoms. The van der Waals surface area contributed by atoms with E-state index in [2.05, 4.69) is 22.3 Å². The molecule has 0 saturated heterocycles. The summed E-state index contributed by atoms with van der Waals surface area (Å²) in [6.45, 7) is 1.79. The molecule has 190 valence electrons. The van der Waals surface area contributed by atoms with Crippen LogP contribution in [0.2, 0.25) is 0 Å². The van der Waals surface area contributed by atoms with E-state index < -0.39 is 5.91 Å². The van der Waals surface area contributed by atoms with Gasteiger partial charge in [-0.05, 0) is 49.0 Å². The standard InChI is InChI=1S/C29H29N3O5/c1-32(19-21-7-3-2-4-8-21)20-24(27-17-23-9-5-6-10-26(23)37-27)18-28(33)30-15-16-36-25-13-11-22(12-14-25)29(34)31-35/h2-14,17-18,35H,15-16,19-20H2,1H3,(H,30,33)(H,31,34)/b24-18+. The number of fused-ring (bicyclic) bond motifs is 1. The van der Waals surface area contributed by atoms with Crippen molar-refractivity contribution in [2.45, 2.75) is 6.54 Å². The van der Waals surface area contributed by atoms with Gasteiger partial charge in [-0.15, -0.1) is 0 Å². The van der Waals surface area contributed by atoms with E-state index >= 15 is 0 Å². The Morgan fingerprint density at radius 3 is 2.46 bits per heavy atom. The largest absolute Gasteiger partial charge is 0.492 e. The third-order valence-electron chi connectivity index (χ3n) is 5.67. The second-order valence-electron chi connectivity index (χ2n) is 8.58. The van der Waals surface area contributed by atoms with Gasteiger partial charge in [0.15, 0.2) is 0 Å². The number of hydrogen-bond acceptors (Lipinski definition) is 6. The highest BCUT2D eigenvalue weighted by molar-refractivity contribution is 5.96. The number of benzene rings is 3. The first-order chi connectivity index (χ1) is 18.0. The van der Waals surface area contributed by atoms with Crippen molar-refractivity contribution in [3.63, 3.8) is 0 Å². The zero-order chi connectivity index (χ0) is 26.0. The summed E-state index contributed by atoms with van der Waals surface area (Å²) in [5.74, 6) is 0.353. The molecule has 0 unspecified atom stereocenters. The topological polar surface area (TPSA) is 104 Å². The molecule has 3 aromatic carbocycles. The minimum atomic E-state index is -0.597. The van der Waals surface area contributed by atoms with Crippen LogP contribution in [0.5, 0.6) is 5.75 Å². The van der Waals surface area contributed by atoms with Gasteiger partial charge in [-0.25, -0.2) is 5.48 Å². The second kappa shape index (κ2) is 12.5. The Balaban J connectivity index is 1.38. The van der Waals surface area contributed by atoms with Gasteiger partial charge in [-0.3, -0.25) is 19.7 Å². The van der Waals surface area contributed by atoms with Crippen LogP contribution in [0.1, 0.15) is 21.7 Å². The number of amides is 2. The highest BCUT2D eigenvalue weighted by atomic mass is 16.5. The third-order valence-corrected chi connectivity index (χ3v) is 5.67. The molecule has 8 nitrogen and oxygen atoms in total. The first kappa shape index (κ1) is 25.7. The smallest absolute Gasteiger partial charge is 0.274 e. The van der Waals surface area contributed by atoms with E-state index in [-0.39, 0.29) is 12.5 Å². The van der Waals surface area contributed by atoms with Crippen molar-refractivity contribution in [1.82, 2.24) is 15.7 Å². The average molecular weight is 500 g/mol. The predicted octanol–water partition coefficient (Wildman–Crippen LogP) is 4.26. The maximum absolute atomic E-state index is 12.8. The van der Waals surface area contributed by atoms with Crippen LogP contribution in [-0.4, -0.2) is 48.7 Å². The monoisotopic (exact) mass is 499 g/mol. The quantitative estimate of drug-likeness (QED) is 0.123. The van der Waals surface area contributed by atoms with Crippen molar-refractivity contribution in [2.24, 2.45) is 0 Å². The summed E-state index contributed by atoms with van der Waals surface area (Å²) in [6, 6.07) is 26.2. The number of carbonyl (C=O) groups is 2. The Morgan fingerprint density at radius 2 is 1.73 bits per heavy atom. The summed E-state index contributed by atoms with van der Waals surface area (Å²) in [7, 11) is 2.00. The van der Waals surface area contributed by atoms with Gasteiger partial charge in [0.25, 0.3) is 5.91 Å². The molecule has 0 aliphatic carbocycles. The Hall–Kier alpha value is -4.40. The van der Waals surface area contributed by atoms with Crippen molar-refractivity contribution >= 4 is 28.4 Å². The molecule has 3 N–H and O–H groups in total. The Kier molecular flexibility index (Phi) is 8.70. The van der Waals surface area contributed by atoms with Crippen LogP contribution in [-0.2, 0) is 11.3 Å². The summed E-state index contributed by atoms with van der Waals surface area (Å²) in [4.78, 5) is 26.3. The molecule has 0 radical (unpaired) electrons. The van der Waals surface area contributed by atoms with E-state index in [1.165, 1.54) is 17.7 Å². The number of nitrogens with zero attached hydrogens (tertiary/aromatic N) is 1. The van der Waals surface area contributed by atoms with Gasteiger partial charge in [0.1, 0.15) is 23.7 Å². The number of furan rings is 1. The lowest BCUT2D eigenvalue weighted by molar-refractivity contribution is -0.116. The number of para-hydroxylation sites is 1. The molecule has 8 heteroatoms. The van der Waals surface area contributed by atoms with Gasteiger partial charge in [-0.1, -0.05) is 48.5 Å². The lowest BCUT2D eigenvalue weighted by atomic mass is 10.1. The highest BCUT2D eigenvalue weighted by Gasteiger charge is 2.14. The minimum absolute atomic E-state index is 0.248. The van der Waals surface area contributed by atoms with Gasteiger partial charge in [0.2, 0.25) is 5.91 Å². The van der Waals surface area contributed by atoms with Crippen LogP contribution in [0.4, 0.5) is 0 Å². The lowest BCUT2D eigenvalue weighted by Crippen LogP contribution is -2.27. The molecule has 1 aromatic heterocycles. The molecule has 0 atom stereocenters. The average Bonchev–Trinajstić information content (AvgIpc) is 3.36. The fourth-order valence-corrected chi connectivity index (χ4v) is 3.90. The molecule has 4 aromatic rings. The van der Waals surface area contributed by atoms with E-state index in [1.807, 2.05) is 55.6 Å². The molecule has 0 fully saturated rings. The molecule has 0 aliphatic heterocycles. The van der Waals surface area contributed by atoms with Gasteiger partial charge in [0.05, 0.1) is 6.54 Å². The van der Waals surface area contributed by atoms with Crippen LogP contribution in [0.25, 0.3) is 16.5 Å². The SMILES string of the molecule is CN(C/C(=C\C(=O)NCCOc1ccc(C(=O)NO)cc1)c1cc2ccccc2o1)Cc1ccccc1. The molecule has 0 aliphatic rings. The highest BCUT2D eigenvalue weighted by Crippen LogP contribution is 2.25. The van der Waals surface area contributed by atoms with Crippen molar-refractivity contribution < 1.29 is 24.0 Å². The van der Waals surface area contributed by atoms with E-state index in [4.69, 9.17) is 14.4 Å². The first-order valence-electron chi connectivity index (χ1n) is 11.9. The summed E-state index contributed by atoms with van der Waals surface area (Å²) in [5, 5.41) is 12.5. The summed E-state index contributed by atoms with van der Waals surface area (Å²) < 4.78 is 11.7. The number of carbonyl (C=O) groups excluding carboxylic acids is 2. The number of likely N-dealkylation sites (N-methyl/N-ethyl adjacent to an activating group) is 1. The van der Waals surface area contributed by atoms with Gasteiger partial charge >= 0.3 is 0 Å². The Labute approximate surface area is 215 Å². The van der Waals surface area contributed by atoms with E-state index in [9.17, 15) is 9.59 Å². The normalized spacial score (nSPS) is 11.5. The number of rotatable bonds is 11. The van der Waals surface area contributed by atoms with Crippen LogP contribution < -0.4 is 15.5 Å². The maximum atomic E-state index is 12.8. The van der Waals surface area contributed by atoms with Gasteiger partial charge < -0.3 is 14.5 Å². The summed E-state index contributed by atoms with van der Waals surface area (Å²) >= 11 is 0. The number of hydrogen-bond donors (Lipinski definition) is 3. The second-order valence-corrected chi connectivity index (χ2v) is 8.58. The lowest BCUT2D eigenvalue weighted by Gasteiger charge is -2.18. The van der Waals surface area contributed by atoms with Crippen LogP contribution >= 0.6 is 0 Å². The maximum Gasteiger partial charge on any atom is 0.274 e.